The Kier molecular flexibility index (Phi) is 7.48. The van der Waals surface area contributed by atoms with Gasteiger partial charge in [-0.25, -0.2) is 9.59 Å². The van der Waals surface area contributed by atoms with Crippen LogP contribution in [0, 0.1) is 0 Å². The minimum Gasteiger partial charge on any atom is -0.504 e. The average molecular weight is 421 g/mol. The van der Waals surface area contributed by atoms with Crippen molar-refractivity contribution in [2.75, 3.05) is 0 Å². The fourth-order valence-corrected chi connectivity index (χ4v) is 2.86. The number of carbonyl (C=O) groups excluding carboxylic acids is 2. The smallest absolute Gasteiger partial charge is 0.408 e. The highest BCUT2D eigenvalue weighted by Gasteiger charge is 2.24. The zero-order chi connectivity index (χ0) is 22.1. The first-order valence-corrected chi connectivity index (χ1v) is 9.70. The highest BCUT2D eigenvalue weighted by molar-refractivity contribution is 5.81. The van der Waals surface area contributed by atoms with Gasteiger partial charge in [0.2, 0.25) is 0 Å². The number of nitrogens with one attached hydrogen (secondary N) is 1. The molecule has 3 aromatic rings. The second-order valence-electron chi connectivity index (χ2n) is 6.88. The van der Waals surface area contributed by atoms with E-state index < -0.39 is 18.1 Å². The molecule has 0 bridgehead atoms. The Hall–Kier alpha value is -4.00. The number of alkyl carbamates (subject to hydrolysis) is 1. The molecule has 1 unspecified atom stereocenters. The highest BCUT2D eigenvalue weighted by Crippen LogP contribution is 2.25. The van der Waals surface area contributed by atoms with Gasteiger partial charge in [-0.1, -0.05) is 66.7 Å². The van der Waals surface area contributed by atoms with Crippen LogP contribution in [0.3, 0.4) is 0 Å². The summed E-state index contributed by atoms with van der Waals surface area (Å²) in [6, 6.07) is 21.5. The lowest BCUT2D eigenvalue weighted by Crippen LogP contribution is -2.43. The number of rotatable bonds is 8. The van der Waals surface area contributed by atoms with Crippen LogP contribution >= 0.6 is 0 Å². The van der Waals surface area contributed by atoms with E-state index in [-0.39, 0.29) is 31.1 Å². The second-order valence-corrected chi connectivity index (χ2v) is 6.88. The molecule has 0 spiro atoms. The van der Waals surface area contributed by atoms with Crippen LogP contribution in [0.25, 0.3) is 0 Å². The number of phenols is 2. The molecule has 0 aliphatic carbocycles. The highest BCUT2D eigenvalue weighted by atomic mass is 16.6. The van der Waals surface area contributed by atoms with Gasteiger partial charge in [-0.05, 0) is 28.8 Å². The Balaban J connectivity index is 1.65. The molecule has 1 amide bonds. The first kappa shape index (κ1) is 21.7. The molecule has 31 heavy (non-hydrogen) atoms. The van der Waals surface area contributed by atoms with Crippen LogP contribution in [0.15, 0.2) is 78.9 Å². The maximum absolute atomic E-state index is 12.7. The van der Waals surface area contributed by atoms with Gasteiger partial charge in [0, 0.05) is 6.42 Å². The lowest BCUT2D eigenvalue weighted by atomic mass is 10.1. The van der Waals surface area contributed by atoms with E-state index in [1.165, 1.54) is 12.1 Å². The predicted octanol–water partition coefficient (Wildman–Crippen LogP) is 3.68. The average Bonchev–Trinajstić information content (AvgIpc) is 2.79. The molecule has 0 aliphatic heterocycles. The third kappa shape index (κ3) is 6.78. The zero-order valence-corrected chi connectivity index (χ0v) is 16.7. The van der Waals surface area contributed by atoms with Crippen molar-refractivity contribution in [3.8, 4) is 11.5 Å². The summed E-state index contributed by atoms with van der Waals surface area (Å²) in [4.78, 5) is 25.0. The number of aromatic hydroxyl groups is 2. The van der Waals surface area contributed by atoms with Gasteiger partial charge in [0.1, 0.15) is 19.3 Å². The molecule has 0 heterocycles. The molecule has 3 N–H and O–H groups in total. The van der Waals surface area contributed by atoms with Crippen LogP contribution < -0.4 is 5.32 Å². The third-order valence-electron chi connectivity index (χ3n) is 4.49. The molecule has 3 aromatic carbocycles. The van der Waals surface area contributed by atoms with Gasteiger partial charge < -0.3 is 25.0 Å². The summed E-state index contributed by atoms with van der Waals surface area (Å²) >= 11 is 0. The quantitative estimate of drug-likeness (QED) is 0.379. The van der Waals surface area contributed by atoms with Gasteiger partial charge in [-0.2, -0.15) is 0 Å². The summed E-state index contributed by atoms with van der Waals surface area (Å²) in [5.41, 5.74) is 2.15. The standard InChI is InChI=1S/C24H23NO6/c26-21-12-11-19(14-22(21)27)13-20(23(28)30-15-17-7-3-1-4-8-17)25-24(29)31-16-18-9-5-2-6-10-18/h1-12,14,20,26-27H,13,15-16H2,(H,25,29). The van der Waals surface area contributed by atoms with E-state index in [2.05, 4.69) is 5.32 Å². The number of hydrogen-bond donors (Lipinski definition) is 3. The van der Waals surface area contributed by atoms with Gasteiger partial charge in [0.25, 0.3) is 0 Å². The van der Waals surface area contributed by atoms with Gasteiger partial charge >= 0.3 is 12.1 Å². The molecular formula is C24H23NO6. The van der Waals surface area contributed by atoms with Gasteiger partial charge in [-0.3, -0.25) is 0 Å². The Morgan fingerprint density at radius 1 is 0.742 bits per heavy atom. The van der Waals surface area contributed by atoms with Gasteiger partial charge in [-0.15, -0.1) is 0 Å². The maximum atomic E-state index is 12.7. The lowest BCUT2D eigenvalue weighted by molar-refractivity contribution is -0.147. The fraction of sp³-hybridized carbons (Fsp3) is 0.167. The van der Waals surface area contributed by atoms with Crippen molar-refractivity contribution < 1.29 is 29.3 Å². The van der Waals surface area contributed by atoms with E-state index in [4.69, 9.17) is 9.47 Å². The van der Waals surface area contributed by atoms with Crippen molar-refractivity contribution in [2.45, 2.75) is 25.7 Å². The number of phenolic OH excluding ortho intramolecular Hbond substituents is 2. The Morgan fingerprint density at radius 3 is 1.90 bits per heavy atom. The summed E-state index contributed by atoms with van der Waals surface area (Å²) < 4.78 is 10.6. The molecule has 7 heteroatoms. The van der Waals surface area contributed by atoms with Crippen LogP contribution in [-0.2, 0) is 33.9 Å². The minimum atomic E-state index is -1.05. The first-order chi connectivity index (χ1) is 15.0. The Morgan fingerprint density at radius 2 is 1.32 bits per heavy atom. The van der Waals surface area contributed by atoms with Crippen LogP contribution in [-0.4, -0.2) is 28.3 Å². The molecule has 0 fully saturated rings. The zero-order valence-electron chi connectivity index (χ0n) is 16.7. The summed E-state index contributed by atoms with van der Waals surface area (Å²) in [7, 11) is 0. The molecule has 160 valence electrons. The molecule has 0 aromatic heterocycles. The van der Waals surface area contributed by atoms with Crippen LogP contribution in [0.4, 0.5) is 4.79 Å². The summed E-state index contributed by atoms with van der Waals surface area (Å²) in [5, 5.41) is 21.7. The number of amides is 1. The molecule has 0 saturated carbocycles. The van der Waals surface area contributed by atoms with E-state index in [1.807, 2.05) is 60.7 Å². The molecule has 1 atom stereocenters. The van der Waals surface area contributed by atoms with Gasteiger partial charge in [0.05, 0.1) is 0 Å². The molecular weight excluding hydrogens is 398 g/mol. The topological polar surface area (TPSA) is 105 Å². The normalized spacial score (nSPS) is 11.4. The minimum absolute atomic E-state index is 0.0436. The van der Waals surface area contributed by atoms with Crippen LogP contribution in [0.5, 0.6) is 11.5 Å². The number of esters is 1. The molecule has 7 nitrogen and oxygen atoms in total. The summed E-state index contributed by atoms with van der Waals surface area (Å²) in [5.74, 6) is -1.24. The van der Waals surface area contributed by atoms with E-state index >= 15 is 0 Å². The van der Waals surface area contributed by atoms with E-state index in [0.29, 0.717) is 5.56 Å². The largest absolute Gasteiger partial charge is 0.504 e. The third-order valence-corrected chi connectivity index (χ3v) is 4.49. The first-order valence-electron chi connectivity index (χ1n) is 9.70. The van der Waals surface area contributed by atoms with E-state index in [0.717, 1.165) is 11.1 Å². The maximum Gasteiger partial charge on any atom is 0.408 e. The van der Waals surface area contributed by atoms with Crippen molar-refractivity contribution >= 4 is 12.1 Å². The molecule has 3 rings (SSSR count). The Labute approximate surface area is 179 Å². The monoisotopic (exact) mass is 421 g/mol. The van der Waals surface area contributed by atoms with Crippen molar-refractivity contribution in [1.29, 1.82) is 0 Å². The molecule has 0 aliphatic rings. The number of hydrogen-bond acceptors (Lipinski definition) is 6. The Bertz CT molecular complexity index is 1010. The summed E-state index contributed by atoms with van der Waals surface area (Å²) in [6.07, 6.45) is -0.726. The van der Waals surface area contributed by atoms with Crippen molar-refractivity contribution in [3.05, 3.63) is 95.6 Å². The van der Waals surface area contributed by atoms with Crippen LogP contribution in [0.1, 0.15) is 16.7 Å². The molecule has 0 radical (unpaired) electrons. The lowest BCUT2D eigenvalue weighted by Gasteiger charge is -2.18. The van der Waals surface area contributed by atoms with Crippen molar-refractivity contribution in [1.82, 2.24) is 5.32 Å². The SMILES string of the molecule is O=C(NC(Cc1ccc(O)c(O)c1)C(=O)OCc1ccccc1)OCc1ccccc1. The number of carbonyl (C=O) groups is 2. The van der Waals surface area contributed by atoms with Crippen LogP contribution in [0.2, 0.25) is 0 Å². The number of ether oxygens (including phenoxy) is 2. The predicted molar refractivity (Wildman–Crippen MR) is 113 cm³/mol. The van der Waals surface area contributed by atoms with E-state index in [9.17, 15) is 19.8 Å². The second kappa shape index (κ2) is 10.7. The fourth-order valence-electron chi connectivity index (χ4n) is 2.86. The van der Waals surface area contributed by atoms with Gasteiger partial charge in [0.15, 0.2) is 11.5 Å². The van der Waals surface area contributed by atoms with Crippen molar-refractivity contribution in [2.24, 2.45) is 0 Å². The molecule has 0 saturated heterocycles. The van der Waals surface area contributed by atoms with E-state index in [1.54, 1.807) is 6.07 Å². The number of benzene rings is 3. The summed E-state index contributed by atoms with van der Waals surface area (Å²) in [6.45, 7) is 0.107. The van der Waals surface area contributed by atoms with Crippen molar-refractivity contribution in [3.63, 3.8) is 0 Å².